The molecule has 2 atom stereocenters. The van der Waals surface area contributed by atoms with Gasteiger partial charge in [0.05, 0.1) is 12.6 Å². The minimum atomic E-state index is -1.25. The van der Waals surface area contributed by atoms with Gasteiger partial charge in [0.1, 0.15) is 0 Å². The van der Waals surface area contributed by atoms with Crippen LogP contribution in [0.25, 0.3) is 0 Å². The Bertz CT molecular complexity index is 358. The second kappa shape index (κ2) is 6.94. The van der Waals surface area contributed by atoms with E-state index in [0.717, 1.165) is 6.04 Å². The maximum Gasteiger partial charge on any atom is 0.407 e. The molecule has 3 N–H and O–H groups in total. The maximum absolute atomic E-state index is 11.7. The van der Waals surface area contributed by atoms with Gasteiger partial charge in [0.2, 0.25) is 0 Å². The number of alkyl carbamates (subject to hydrolysis) is 1. The summed E-state index contributed by atoms with van der Waals surface area (Å²) >= 11 is 0. The standard InChI is InChI=1S/C12H24N2O5Si/c1-20(2,3)5-4-19-11(16)13-10-7-14(12(17)18)6-9(10)8-15/h9-10,15H,4-8H2,1-3H3,(H,13,16)(H,17,18)/t9-,10+/m0/s1. The Morgan fingerprint density at radius 1 is 1.35 bits per heavy atom. The van der Waals surface area contributed by atoms with Crippen LogP contribution in [-0.4, -0.2) is 67.7 Å². The van der Waals surface area contributed by atoms with Gasteiger partial charge in [0, 0.05) is 33.7 Å². The molecule has 116 valence electrons. The van der Waals surface area contributed by atoms with Crippen molar-refractivity contribution >= 4 is 20.3 Å². The Morgan fingerprint density at radius 3 is 2.50 bits per heavy atom. The lowest BCUT2D eigenvalue weighted by Gasteiger charge is -2.19. The Morgan fingerprint density at radius 2 is 2.00 bits per heavy atom. The summed E-state index contributed by atoms with van der Waals surface area (Å²) in [4.78, 5) is 23.7. The van der Waals surface area contributed by atoms with E-state index in [-0.39, 0.29) is 25.6 Å². The van der Waals surface area contributed by atoms with Gasteiger partial charge in [-0.05, 0) is 6.04 Å². The quantitative estimate of drug-likeness (QED) is 0.659. The van der Waals surface area contributed by atoms with Gasteiger partial charge in [0.25, 0.3) is 0 Å². The predicted molar refractivity (Wildman–Crippen MR) is 76.6 cm³/mol. The average molecular weight is 304 g/mol. The Hall–Kier alpha value is -1.28. The zero-order valence-electron chi connectivity index (χ0n) is 12.3. The minimum absolute atomic E-state index is 0.163. The number of ether oxygens (including phenoxy) is 1. The molecular formula is C12H24N2O5Si. The van der Waals surface area contributed by atoms with Crippen molar-refractivity contribution in [1.29, 1.82) is 0 Å². The van der Waals surface area contributed by atoms with Gasteiger partial charge >= 0.3 is 12.2 Å². The number of likely N-dealkylation sites (tertiary alicyclic amines) is 1. The molecule has 1 heterocycles. The summed E-state index contributed by atoms with van der Waals surface area (Å²) in [5, 5.41) is 20.8. The molecule has 0 saturated carbocycles. The summed E-state index contributed by atoms with van der Waals surface area (Å²) in [6, 6.07) is 0.492. The van der Waals surface area contributed by atoms with Crippen molar-refractivity contribution in [2.45, 2.75) is 31.7 Å². The summed E-state index contributed by atoms with van der Waals surface area (Å²) in [5.74, 6) is -0.282. The normalized spacial score (nSPS) is 22.7. The number of hydrogen-bond acceptors (Lipinski definition) is 4. The zero-order chi connectivity index (χ0) is 15.3. The number of amides is 2. The summed E-state index contributed by atoms with van der Waals surface area (Å²) in [6.45, 7) is 7.20. The van der Waals surface area contributed by atoms with E-state index in [2.05, 4.69) is 25.0 Å². The first-order valence-electron chi connectivity index (χ1n) is 6.75. The van der Waals surface area contributed by atoms with E-state index in [4.69, 9.17) is 9.84 Å². The minimum Gasteiger partial charge on any atom is -0.465 e. The topological polar surface area (TPSA) is 99.1 Å². The van der Waals surface area contributed by atoms with E-state index >= 15 is 0 Å². The highest BCUT2D eigenvalue weighted by Crippen LogP contribution is 2.17. The molecular weight excluding hydrogens is 280 g/mol. The van der Waals surface area contributed by atoms with Gasteiger partial charge in [-0.1, -0.05) is 19.6 Å². The lowest BCUT2D eigenvalue weighted by atomic mass is 10.1. The second-order valence-electron chi connectivity index (χ2n) is 6.33. The first kappa shape index (κ1) is 16.8. The number of hydrogen-bond donors (Lipinski definition) is 3. The second-order valence-corrected chi connectivity index (χ2v) is 11.9. The number of aliphatic hydroxyl groups excluding tert-OH is 1. The molecule has 1 aliphatic heterocycles. The molecule has 1 aliphatic rings. The van der Waals surface area contributed by atoms with Crippen LogP contribution in [0.2, 0.25) is 25.7 Å². The third-order valence-electron chi connectivity index (χ3n) is 3.33. The lowest BCUT2D eigenvalue weighted by Crippen LogP contribution is -2.42. The van der Waals surface area contributed by atoms with Gasteiger partial charge in [-0.2, -0.15) is 0 Å². The average Bonchev–Trinajstić information content (AvgIpc) is 2.70. The fraction of sp³-hybridized carbons (Fsp3) is 0.833. The van der Waals surface area contributed by atoms with E-state index in [1.54, 1.807) is 0 Å². The van der Waals surface area contributed by atoms with E-state index < -0.39 is 26.3 Å². The molecule has 0 aromatic heterocycles. The third kappa shape index (κ3) is 5.38. The molecule has 0 radical (unpaired) electrons. The van der Waals surface area contributed by atoms with Crippen LogP contribution in [0.3, 0.4) is 0 Å². The molecule has 8 heteroatoms. The van der Waals surface area contributed by atoms with E-state index in [0.29, 0.717) is 6.61 Å². The Labute approximate surface area is 119 Å². The monoisotopic (exact) mass is 304 g/mol. The first-order chi connectivity index (χ1) is 9.23. The van der Waals surface area contributed by atoms with Crippen molar-refractivity contribution < 1.29 is 24.5 Å². The van der Waals surface area contributed by atoms with Crippen LogP contribution in [-0.2, 0) is 4.74 Å². The van der Waals surface area contributed by atoms with Crippen molar-refractivity contribution in [2.24, 2.45) is 5.92 Å². The number of carbonyl (C=O) groups is 2. The van der Waals surface area contributed by atoms with Gasteiger partial charge in [0.15, 0.2) is 0 Å². The van der Waals surface area contributed by atoms with Crippen molar-refractivity contribution in [2.75, 3.05) is 26.3 Å². The highest BCUT2D eigenvalue weighted by molar-refractivity contribution is 6.76. The number of rotatable bonds is 5. The molecule has 0 aliphatic carbocycles. The molecule has 7 nitrogen and oxygen atoms in total. The van der Waals surface area contributed by atoms with Crippen LogP contribution in [0.1, 0.15) is 0 Å². The van der Waals surface area contributed by atoms with E-state index in [1.165, 1.54) is 4.90 Å². The molecule has 0 unspecified atom stereocenters. The molecule has 0 spiro atoms. The maximum atomic E-state index is 11.7. The third-order valence-corrected chi connectivity index (χ3v) is 5.04. The van der Waals surface area contributed by atoms with Crippen molar-refractivity contribution in [3.8, 4) is 0 Å². The predicted octanol–water partition coefficient (Wildman–Crippen LogP) is 1.02. The van der Waals surface area contributed by atoms with Crippen LogP contribution >= 0.6 is 0 Å². The number of aliphatic hydroxyl groups is 1. The van der Waals surface area contributed by atoms with Crippen molar-refractivity contribution in [3.05, 3.63) is 0 Å². The number of carboxylic acid groups (broad SMARTS) is 1. The van der Waals surface area contributed by atoms with Gasteiger partial charge in [-0.25, -0.2) is 9.59 Å². The molecule has 0 bridgehead atoms. The Kier molecular flexibility index (Phi) is 5.82. The van der Waals surface area contributed by atoms with Crippen LogP contribution < -0.4 is 5.32 Å². The SMILES string of the molecule is C[Si](C)(C)CCOC(=O)N[C@@H]1CN(C(=O)O)C[C@H]1CO. The van der Waals surface area contributed by atoms with Gasteiger partial charge in [-0.15, -0.1) is 0 Å². The largest absolute Gasteiger partial charge is 0.465 e. The van der Waals surface area contributed by atoms with Crippen LogP contribution in [0, 0.1) is 5.92 Å². The molecule has 2 amide bonds. The summed E-state index contributed by atoms with van der Waals surface area (Å²) in [7, 11) is -1.25. The summed E-state index contributed by atoms with van der Waals surface area (Å²) in [5.41, 5.74) is 0. The van der Waals surface area contributed by atoms with E-state index in [9.17, 15) is 14.7 Å². The molecule has 0 aromatic rings. The highest BCUT2D eigenvalue weighted by Gasteiger charge is 2.36. The molecule has 1 fully saturated rings. The van der Waals surface area contributed by atoms with Gasteiger partial charge in [-0.3, -0.25) is 0 Å². The Balaban J connectivity index is 2.39. The van der Waals surface area contributed by atoms with Gasteiger partial charge < -0.3 is 25.2 Å². The molecule has 1 saturated heterocycles. The number of nitrogens with zero attached hydrogens (tertiary/aromatic N) is 1. The first-order valence-corrected chi connectivity index (χ1v) is 10.5. The van der Waals surface area contributed by atoms with Crippen LogP contribution in [0.4, 0.5) is 9.59 Å². The number of carbonyl (C=O) groups excluding carboxylic acids is 1. The summed E-state index contributed by atoms with van der Waals surface area (Å²) in [6.07, 6.45) is -1.58. The highest BCUT2D eigenvalue weighted by atomic mass is 28.3. The smallest absolute Gasteiger partial charge is 0.407 e. The summed E-state index contributed by atoms with van der Waals surface area (Å²) < 4.78 is 5.11. The molecule has 1 rings (SSSR count). The van der Waals surface area contributed by atoms with Crippen LogP contribution in [0.15, 0.2) is 0 Å². The van der Waals surface area contributed by atoms with E-state index in [1.807, 2.05) is 0 Å². The van der Waals surface area contributed by atoms with Crippen molar-refractivity contribution in [1.82, 2.24) is 10.2 Å². The van der Waals surface area contributed by atoms with Crippen molar-refractivity contribution in [3.63, 3.8) is 0 Å². The fourth-order valence-corrected chi connectivity index (χ4v) is 2.73. The fourth-order valence-electron chi connectivity index (χ4n) is 2.02. The zero-order valence-corrected chi connectivity index (χ0v) is 13.3. The molecule has 0 aromatic carbocycles. The number of nitrogens with one attached hydrogen (secondary N) is 1. The molecule has 20 heavy (non-hydrogen) atoms. The van der Waals surface area contributed by atoms with Crippen LogP contribution in [0.5, 0.6) is 0 Å². The lowest BCUT2D eigenvalue weighted by molar-refractivity contribution is 0.141.